The standard InChI is InChI=1S/C16H14BrCl3N2O2/c17-12-7-4-8-13(10-12)21-15(16(18,19)20)22-24-14(23)9-11-5-2-1-3-6-11/h1-8,10,15,21-22H,9H2/t15-/m1/s1. The molecule has 0 amide bonds. The van der Waals surface area contributed by atoms with Crippen molar-refractivity contribution >= 4 is 62.4 Å². The molecule has 24 heavy (non-hydrogen) atoms. The summed E-state index contributed by atoms with van der Waals surface area (Å²) in [6.45, 7) is 0. The van der Waals surface area contributed by atoms with Crippen LogP contribution in [0.1, 0.15) is 5.56 Å². The van der Waals surface area contributed by atoms with E-state index in [1.807, 2.05) is 42.5 Å². The number of rotatable bonds is 6. The summed E-state index contributed by atoms with van der Waals surface area (Å²) in [5, 5.41) is 2.96. The molecular weight excluding hydrogens is 438 g/mol. The highest BCUT2D eigenvalue weighted by Gasteiger charge is 2.34. The van der Waals surface area contributed by atoms with E-state index in [-0.39, 0.29) is 6.42 Å². The van der Waals surface area contributed by atoms with Gasteiger partial charge in [0.25, 0.3) is 0 Å². The summed E-state index contributed by atoms with van der Waals surface area (Å²) in [4.78, 5) is 16.9. The Morgan fingerprint density at radius 2 is 1.83 bits per heavy atom. The summed E-state index contributed by atoms with van der Waals surface area (Å²) < 4.78 is -0.883. The molecule has 0 unspecified atom stereocenters. The number of nitrogens with one attached hydrogen (secondary N) is 2. The van der Waals surface area contributed by atoms with Crippen molar-refractivity contribution in [2.75, 3.05) is 5.32 Å². The average Bonchev–Trinajstić information content (AvgIpc) is 2.51. The van der Waals surface area contributed by atoms with Crippen LogP contribution in [0.15, 0.2) is 59.1 Å². The van der Waals surface area contributed by atoms with E-state index >= 15 is 0 Å². The fraction of sp³-hybridized carbons (Fsp3) is 0.188. The van der Waals surface area contributed by atoms with E-state index in [9.17, 15) is 4.79 Å². The van der Waals surface area contributed by atoms with Gasteiger partial charge in [0, 0.05) is 10.2 Å². The molecule has 0 aliphatic heterocycles. The van der Waals surface area contributed by atoms with Crippen molar-refractivity contribution in [3.63, 3.8) is 0 Å². The van der Waals surface area contributed by atoms with Gasteiger partial charge in [0.05, 0.1) is 6.42 Å². The van der Waals surface area contributed by atoms with Crippen molar-refractivity contribution in [3.05, 3.63) is 64.6 Å². The Kier molecular flexibility index (Phi) is 7.19. The molecule has 1 atom stereocenters. The molecule has 0 spiro atoms. The van der Waals surface area contributed by atoms with E-state index in [0.717, 1.165) is 10.0 Å². The molecule has 0 aliphatic rings. The van der Waals surface area contributed by atoms with Gasteiger partial charge in [0.15, 0.2) is 6.17 Å². The molecule has 0 aromatic heterocycles. The number of carbonyl (C=O) groups excluding carboxylic acids is 1. The van der Waals surface area contributed by atoms with Crippen LogP contribution in [0.3, 0.4) is 0 Å². The topological polar surface area (TPSA) is 50.4 Å². The fourth-order valence-electron chi connectivity index (χ4n) is 1.85. The quantitative estimate of drug-likeness (QED) is 0.374. The molecule has 0 saturated carbocycles. The zero-order valence-corrected chi connectivity index (χ0v) is 16.2. The first-order valence-electron chi connectivity index (χ1n) is 6.92. The minimum absolute atomic E-state index is 0.108. The Hall–Kier alpha value is -0.980. The maximum atomic E-state index is 11.9. The molecule has 2 aromatic carbocycles. The SMILES string of the molecule is O=C(Cc1ccccc1)ON[C@@H](Nc1cccc(Br)c1)C(Cl)(Cl)Cl. The first-order chi connectivity index (χ1) is 11.3. The minimum Gasteiger partial charge on any atom is -0.368 e. The highest BCUT2D eigenvalue weighted by Crippen LogP contribution is 2.31. The Morgan fingerprint density at radius 1 is 1.12 bits per heavy atom. The highest BCUT2D eigenvalue weighted by atomic mass is 79.9. The summed E-state index contributed by atoms with van der Waals surface area (Å²) in [6, 6.07) is 16.5. The highest BCUT2D eigenvalue weighted by molar-refractivity contribution is 9.10. The predicted molar refractivity (Wildman–Crippen MR) is 101 cm³/mol. The molecule has 0 fully saturated rings. The molecule has 0 bridgehead atoms. The summed E-state index contributed by atoms with van der Waals surface area (Å²) >= 11 is 21.2. The summed E-state index contributed by atoms with van der Waals surface area (Å²) in [5.74, 6) is -0.489. The van der Waals surface area contributed by atoms with E-state index in [4.69, 9.17) is 39.6 Å². The Morgan fingerprint density at radius 3 is 2.46 bits per heavy atom. The van der Waals surface area contributed by atoms with Gasteiger partial charge >= 0.3 is 5.97 Å². The van der Waals surface area contributed by atoms with Crippen molar-refractivity contribution in [3.8, 4) is 0 Å². The number of hydrogen-bond acceptors (Lipinski definition) is 4. The van der Waals surface area contributed by atoms with Crippen LogP contribution in [0.25, 0.3) is 0 Å². The Bertz CT molecular complexity index is 681. The van der Waals surface area contributed by atoms with E-state index < -0.39 is 15.9 Å². The van der Waals surface area contributed by atoms with Crippen LogP contribution in [0.2, 0.25) is 0 Å². The van der Waals surface area contributed by atoms with Gasteiger partial charge < -0.3 is 10.2 Å². The normalized spacial score (nSPS) is 12.5. The second-order valence-electron chi connectivity index (χ2n) is 4.88. The van der Waals surface area contributed by atoms with Gasteiger partial charge in [0.2, 0.25) is 3.79 Å². The number of anilines is 1. The largest absolute Gasteiger partial charge is 0.368 e. The van der Waals surface area contributed by atoms with Crippen LogP contribution in [0.4, 0.5) is 5.69 Å². The number of halogens is 4. The van der Waals surface area contributed by atoms with Gasteiger partial charge in [-0.05, 0) is 23.8 Å². The van der Waals surface area contributed by atoms with Gasteiger partial charge in [-0.1, -0.05) is 87.1 Å². The summed E-state index contributed by atoms with van der Waals surface area (Å²) in [5.41, 5.74) is 3.99. The first-order valence-corrected chi connectivity index (χ1v) is 8.85. The maximum absolute atomic E-state index is 11.9. The van der Waals surface area contributed by atoms with Crippen molar-refractivity contribution < 1.29 is 9.63 Å². The lowest BCUT2D eigenvalue weighted by atomic mass is 10.2. The van der Waals surface area contributed by atoms with Crippen molar-refractivity contribution in [2.45, 2.75) is 16.4 Å². The molecule has 2 N–H and O–H groups in total. The molecule has 128 valence electrons. The van der Waals surface area contributed by atoms with Crippen LogP contribution < -0.4 is 10.8 Å². The van der Waals surface area contributed by atoms with Crippen molar-refractivity contribution in [2.24, 2.45) is 0 Å². The minimum atomic E-state index is -1.74. The molecule has 8 heteroatoms. The number of hydroxylamine groups is 1. The van der Waals surface area contributed by atoms with E-state index in [2.05, 4.69) is 26.7 Å². The second-order valence-corrected chi connectivity index (χ2v) is 8.17. The van der Waals surface area contributed by atoms with Crippen LogP contribution in [-0.2, 0) is 16.1 Å². The smallest absolute Gasteiger partial charge is 0.329 e. The zero-order chi connectivity index (χ0) is 17.6. The third kappa shape index (κ3) is 6.49. The third-order valence-electron chi connectivity index (χ3n) is 2.94. The predicted octanol–water partition coefficient (Wildman–Crippen LogP) is 4.85. The van der Waals surface area contributed by atoms with Crippen LogP contribution in [-0.4, -0.2) is 15.9 Å². The van der Waals surface area contributed by atoms with Gasteiger partial charge in [0.1, 0.15) is 0 Å². The van der Waals surface area contributed by atoms with Gasteiger partial charge in [-0.15, -0.1) is 5.48 Å². The molecule has 0 saturated heterocycles. The van der Waals surface area contributed by atoms with Gasteiger partial charge in [-0.25, -0.2) is 0 Å². The van der Waals surface area contributed by atoms with Crippen LogP contribution in [0, 0.1) is 0 Å². The third-order valence-corrected chi connectivity index (χ3v) is 4.09. The lowest BCUT2D eigenvalue weighted by Crippen LogP contribution is -2.47. The van der Waals surface area contributed by atoms with Gasteiger partial charge in [-0.2, -0.15) is 0 Å². The maximum Gasteiger partial charge on any atom is 0.329 e. The number of alkyl halides is 3. The zero-order valence-electron chi connectivity index (χ0n) is 12.3. The van der Waals surface area contributed by atoms with E-state index in [1.165, 1.54) is 0 Å². The fourth-order valence-corrected chi connectivity index (χ4v) is 2.54. The lowest BCUT2D eigenvalue weighted by molar-refractivity contribution is -0.151. The number of benzene rings is 2. The molecule has 0 radical (unpaired) electrons. The van der Waals surface area contributed by atoms with E-state index in [0.29, 0.717) is 5.69 Å². The van der Waals surface area contributed by atoms with Crippen LogP contribution >= 0.6 is 50.7 Å². The Balaban J connectivity index is 1.95. The van der Waals surface area contributed by atoms with Crippen molar-refractivity contribution in [1.29, 1.82) is 0 Å². The summed E-state index contributed by atoms with van der Waals surface area (Å²) in [6.07, 6.45) is -0.825. The van der Waals surface area contributed by atoms with E-state index in [1.54, 1.807) is 12.1 Å². The molecule has 2 aromatic rings. The number of hydrogen-bond donors (Lipinski definition) is 2. The molecule has 0 heterocycles. The molecule has 2 rings (SSSR count). The summed E-state index contributed by atoms with van der Waals surface area (Å²) in [7, 11) is 0. The number of carbonyl (C=O) groups is 1. The molecular formula is C16H14BrCl3N2O2. The average molecular weight is 453 g/mol. The first kappa shape index (κ1) is 19.3. The van der Waals surface area contributed by atoms with Crippen LogP contribution in [0.5, 0.6) is 0 Å². The van der Waals surface area contributed by atoms with Crippen molar-refractivity contribution in [1.82, 2.24) is 5.48 Å². The lowest BCUT2D eigenvalue weighted by Gasteiger charge is -2.26. The second kappa shape index (κ2) is 8.92. The van der Waals surface area contributed by atoms with Gasteiger partial charge in [-0.3, -0.25) is 4.79 Å². The Labute approximate surface area is 163 Å². The molecule has 0 aliphatic carbocycles. The molecule has 4 nitrogen and oxygen atoms in total. The monoisotopic (exact) mass is 450 g/mol.